The molecule has 0 radical (unpaired) electrons. The lowest BCUT2D eigenvalue weighted by Crippen LogP contribution is -2.55. The second-order valence-electron chi connectivity index (χ2n) is 9.11. The van der Waals surface area contributed by atoms with E-state index in [0.717, 1.165) is 29.2 Å². The van der Waals surface area contributed by atoms with E-state index in [1.54, 1.807) is 4.90 Å². The lowest BCUT2D eigenvalue weighted by molar-refractivity contribution is -0.134. The van der Waals surface area contributed by atoms with Gasteiger partial charge in [-0.15, -0.1) is 0 Å². The van der Waals surface area contributed by atoms with E-state index in [2.05, 4.69) is 9.62 Å². The molecule has 1 fully saturated rings. The molecule has 37 heavy (non-hydrogen) atoms. The van der Waals surface area contributed by atoms with Crippen molar-refractivity contribution in [2.45, 2.75) is 23.9 Å². The Kier molecular flexibility index (Phi) is 7.66. The summed E-state index contributed by atoms with van der Waals surface area (Å²) in [5, 5.41) is 0.439. The number of halogens is 1. The number of hydrogen-bond donors (Lipinski definition) is 1. The number of hydrogen-bond acceptors (Lipinski definition) is 6. The van der Waals surface area contributed by atoms with E-state index in [4.69, 9.17) is 21.1 Å². The number of carbonyl (C=O) groups excluding carboxylic acids is 1. The molecule has 0 aromatic heterocycles. The van der Waals surface area contributed by atoms with Gasteiger partial charge in [-0.2, -0.15) is 4.72 Å². The minimum absolute atomic E-state index is 0.0660. The van der Waals surface area contributed by atoms with E-state index in [1.807, 2.05) is 48.5 Å². The van der Waals surface area contributed by atoms with Crippen molar-refractivity contribution in [3.8, 4) is 11.5 Å². The topological polar surface area (TPSA) is 88.2 Å². The summed E-state index contributed by atoms with van der Waals surface area (Å²) in [6, 6.07) is 20.3. The van der Waals surface area contributed by atoms with Gasteiger partial charge in [-0.05, 0) is 53.9 Å². The fraction of sp³-hybridized carbons (Fsp3) is 0.296. The Morgan fingerprint density at radius 1 is 0.892 bits per heavy atom. The highest BCUT2D eigenvalue weighted by atomic mass is 35.5. The molecule has 8 nitrogen and oxygen atoms in total. The number of nitrogens with zero attached hydrogens (tertiary/aromatic N) is 2. The number of benzene rings is 3. The molecule has 0 spiro atoms. The van der Waals surface area contributed by atoms with Gasteiger partial charge >= 0.3 is 0 Å². The van der Waals surface area contributed by atoms with E-state index in [0.29, 0.717) is 31.2 Å². The highest BCUT2D eigenvalue weighted by Crippen LogP contribution is 2.33. The van der Waals surface area contributed by atoms with Crippen LogP contribution in [0.1, 0.15) is 11.1 Å². The molecule has 1 atom stereocenters. The van der Waals surface area contributed by atoms with Crippen molar-refractivity contribution in [1.82, 2.24) is 14.5 Å². The summed E-state index contributed by atoms with van der Waals surface area (Å²) in [4.78, 5) is 17.7. The maximum Gasteiger partial charge on any atom is 0.241 e. The normalized spacial score (nSPS) is 16.5. The summed E-state index contributed by atoms with van der Waals surface area (Å²) in [6.45, 7) is 3.36. The minimum atomic E-state index is -3.93. The van der Waals surface area contributed by atoms with Crippen LogP contribution >= 0.6 is 11.6 Å². The zero-order chi connectivity index (χ0) is 25.8. The Hall–Kier alpha value is -3.11. The van der Waals surface area contributed by atoms with Crippen LogP contribution < -0.4 is 14.2 Å². The van der Waals surface area contributed by atoms with Crippen molar-refractivity contribution >= 4 is 27.5 Å². The van der Waals surface area contributed by atoms with Gasteiger partial charge in [0.25, 0.3) is 0 Å². The van der Waals surface area contributed by atoms with Crippen LogP contribution in [-0.4, -0.2) is 63.1 Å². The van der Waals surface area contributed by atoms with Gasteiger partial charge in [0.2, 0.25) is 22.7 Å². The summed E-state index contributed by atoms with van der Waals surface area (Å²) < 4.78 is 39.7. The molecule has 3 aromatic carbocycles. The van der Waals surface area contributed by atoms with Crippen molar-refractivity contribution in [1.29, 1.82) is 0 Å². The number of fused-ring (bicyclic) bond motifs is 1. The summed E-state index contributed by atoms with van der Waals surface area (Å²) in [5.41, 5.74) is 1.99. The third kappa shape index (κ3) is 6.24. The van der Waals surface area contributed by atoms with Gasteiger partial charge in [-0.3, -0.25) is 9.69 Å². The Bertz CT molecular complexity index is 1340. The summed E-state index contributed by atoms with van der Waals surface area (Å²) >= 11 is 5.92. The average molecular weight is 542 g/mol. The van der Waals surface area contributed by atoms with Crippen LogP contribution in [0.4, 0.5) is 0 Å². The van der Waals surface area contributed by atoms with E-state index in [-0.39, 0.29) is 24.0 Å². The molecule has 3 aromatic rings. The van der Waals surface area contributed by atoms with Crippen molar-refractivity contribution in [2.75, 3.05) is 33.0 Å². The molecule has 2 aliphatic rings. The maximum atomic E-state index is 13.6. The smallest absolute Gasteiger partial charge is 0.241 e. The lowest BCUT2D eigenvalue weighted by Gasteiger charge is -2.36. The number of amides is 1. The first kappa shape index (κ1) is 25.5. The van der Waals surface area contributed by atoms with E-state index in [9.17, 15) is 13.2 Å². The molecule has 1 saturated heterocycles. The van der Waals surface area contributed by atoms with E-state index in [1.165, 1.54) is 24.3 Å². The quantitative estimate of drug-likeness (QED) is 0.471. The van der Waals surface area contributed by atoms with Crippen LogP contribution in [0.2, 0.25) is 5.02 Å². The molecule has 0 bridgehead atoms. The lowest BCUT2D eigenvalue weighted by atomic mass is 10.1. The molecule has 194 valence electrons. The van der Waals surface area contributed by atoms with Crippen LogP contribution in [0.5, 0.6) is 11.5 Å². The van der Waals surface area contributed by atoms with Crippen LogP contribution in [-0.2, 0) is 27.8 Å². The molecule has 5 rings (SSSR count). The molecule has 0 saturated carbocycles. The molecular formula is C27H28ClN3O5S. The fourth-order valence-corrected chi connectivity index (χ4v) is 5.86. The molecule has 1 N–H and O–H groups in total. The summed E-state index contributed by atoms with van der Waals surface area (Å²) in [5.74, 6) is 1.27. The van der Waals surface area contributed by atoms with Crippen molar-refractivity contribution in [3.05, 3.63) is 88.9 Å². The minimum Gasteiger partial charge on any atom is -0.454 e. The number of rotatable bonds is 8. The third-order valence-corrected chi connectivity index (χ3v) is 8.27. The Labute approximate surface area is 221 Å². The fourth-order valence-electron chi connectivity index (χ4n) is 4.54. The first-order valence-electron chi connectivity index (χ1n) is 12.1. The van der Waals surface area contributed by atoms with Crippen molar-refractivity contribution in [2.24, 2.45) is 0 Å². The highest BCUT2D eigenvalue weighted by Gasteiger charge is 2.31. The molecular weight excluding hydrogens is 514 g/mol. The van der Waals surface area contributed by atoms with Gasteiger partial charge in [-0.1, -0.05) is 48.0 Å². The number of piperazine rings is 1. The second-order valence-corrected chi connectivity index (χ2v) is 11.3. The van der Waals surface area contributed by atoms with Crippen LogP contribution in [0.25, 0.3) is 0 Å². The predicted octanol–water partition coefficient (Wildman–Crippen LogP) is 3.30. The highest BCUT2D eigenvalue weighted by molar-refractivity contribution is 7.89. The van der Waals surface area contributed by atoms with Crippen molar-refractivity contribution in [3.63, 3.8) is 0 Å². The average Bonchev–Trinajstić information content (AvgIpc) is 3.37. The summed E-state index contributed by atoms with van der Waals surface area (Å²) in [7, 11) is -3.93. The third-order valence-electron chi connectivity index (χ3n) is 6.53. The molecule has 2 aliphatic heterocycles. The van der Waals surface area contributed by atoms with Gasteiger partial charge < -0.3 is 14.4 Å². The maximum absolute atomic E-state index is 13.6. The predicted molar refractivity (Wildman–Crippen MR) is 140 cm³/mol. The second kappa shape index (κ2) is 11.1. The molecule has 0 aliphatic carbocycles. The zero-order valence-electron chi connectivity index (χ0n) is 20.2. The van der Waals surface area contributed by atoms with Gasteiger partial charge in [0.05, 0.1) is 4.90 Å². The van der Waals surface area contributed by atoms with Crippen LogP contribution in [0, 0.1) is 0 Å². The van der Waals surface area contributed by atoms with E-state index >= 15 is 0 Å². The first-order chi connectivity index (χ1) is 17.9. The number of ether oxygens (including phenoxy) is 2. The van der Waals surface area contributed by atoms with Crippen molar-refractivity contribution < 1.29 is 22.7 Å². The van der Waals surface area contributed by atoms with Gasteiger partial charge in [-0.25, -0.2) is 8.42 Å². The SMILES string of the molecule is O=C([C@@H](Cc1ccccc1)NS(=O)(=O)c1ccc(Cl)cc1)N1CCN(Cc2ccc3c(c2)OCO3)CC1. The van der Waals surface area contributed by atoms with Crippen LogP contribution in [0.3, 0.4) is 0 Å². The van der Waals surface area contributed by atoms with Gasteiger partial charge in [0.1, 0.15) is 6.04 Å². The molecule has 10 heteroatoms. The standard InChI is InChI=1S/C27H28ClN3O5S/c28-22-7-9-23(10-8-22)37(33,34)29-24(16-20-4-2-1-3-5-20)27(32)31-14-12-30(13-15-31)18-21-6-11-25-26(17-21)36-19-35-25/h1-11,17,24,29H,12-16,18-19H2/t24-/m1/s1. The Balaban J connectivity index is 1.26. The molecule has 0 unspecified atom stereocenters. The van der Waals surface area contributed by atoms with Crippen LogP contribution in [0.15, 0.2) is 77.7 Å². The van der Waals surface area contributed by atoms with Gasteiger partial charge in [0.15, 0.2) is 11.5 Å². The molecule has 2 heterocycles. The monoisotopic (exact) mass is 541 g/mol. The Morgan fingerprint density at radius 2 is 1.59 bits per heavy atom. The molecule has 1 amide bonds. The van der Waals surface area contributed by atoms with Gasteiger partial charge in [0, 0.05) is 37.7 Å². The number of carbonyl (C=O) groups is 1. The summed E-state index contributed by atoms with van der Waals surface area (Å²) in [6.07, 6.45) is 0.254. The van der Waals surface area contributed by atoms with E-state index < -0.39 is 16.1 Å². The zero-order valence-corrected chi connectivity index (χ0v) is 21.7. The largest absolute Gasteiger partial charge is 0.454 e. The number of nitrogens with one attached hydrogen (secondary N) is 1. The number of sulfonamides is 1. The Morgan fingerprint density at radius 3 is 2.32 bits per heavy atom. The first-order valence-corrected chi connectivity index (χ1v) is 13.9.